The Labute approximate surface area is 115 Å². The summed E-state index contributed by atoms with van der Waals surface area (Å²) in [5.74, 6) is 1.72. The van der Waals surface area contributed by atoms with Crippen LogP contribution in [0.15, 0.2) is 18.2 Å². The van der Waals surface area contributed by atoms with Crippen LogP contribution in [0.1, 0.15) is 39.0 Å². The summed E-state index contributed by atoms with van der Waals surface area (Å²) in [4.78, 5) is 0. The molecule has 0 aromatic heterocycles. The molecule has 0 bridgehead atoms. The Kier molecular flexibility index (Phi) is 4.76. The number of para-hydroxylation sites is 1. The number of nitrogens with two attached hydrogens (primary N) is 1. The zero-order chi connectivity index (χ0) is 13.0. The first-order valence-electron chi connectivity index (χ1n) is 6.98. The first kappa shape index (κ1) is 13.5. The van der Waals surface area contributed by atoms with E-state index in [1.54, 1.807) is 0 Å². The molecule has 0 atom stereocenters. The van der Waals surface area contributed by atoms with Crippen LogP contribution in [0.2, 0.25) is 5.02 Å². The lowest BCUT2D eigenvalue weighted by molar-refractivity contribution is 0.278. The molecule has 1 saturated carbocycles. The molecule has 100 valence electrons. The van der Waals surface area contributed by atoms with E-state index in [4.69, 9.17) is 17.3 Å². The predicted molar refractivity (Wildman–Crippen MR) is 80.1 cm³/mol. The molecule has 0 heterocycles. The van der Waals surface area contributed by atoms with E-state index < -0.39 is 0 Å². The second kappa shape index (κ2) is 6.33. The predicted octanol–water partition coefficient (Wildman–Crippen LogP) is 4.55. The molecule has 1 aliphatic rings. The van der Waals surface area contributed by atoms with Crippen molar-refractivity contribution in [3.63, 3.8) is 0 Å². The van der Waals surface area contributed by atoms with Crippen LogP contribution in [0.5, 0.6) is 0 Å². The van der Waals surface area contributed by atoms with Crippen molar-refractivity contribution in [3.05, 3.63) is 23.2 Å². The lowest BCUT2D eigenvalue weighted by Crippen LogP contribution is -2.21. The first-order chi connectivity index (χ1) is 8.70. The van der Waals surface area contributed by atoms with Gasteiger partial charge in [0.25, 0.3) is 0 Å². The highest BCUT2D eigenvalue weighted by atomic mass is 35.5. The molecule has 2 nitrogen and oxygen atoms in total. The van der Waals surface area contributed by atoms with Crippen LogP contribution >= 0.6 is 11.6 Å². The molecule has 1 fully saturated rings. The topological polar surface area (TPSA) is 38.0 Å². The zero-order valence-corrected chi connectivity index (χ0v) is 11.8. The summed E-state index contributed by atoms with van der Waals surface area (Å²) in [5.41, 5.74) is 7.57. The minimum atomic E-state index is 0.720. The second-order valence-corrected chi connectivity index (χ2v) is 5.79. The summed E-state index contributed by atoms with van der Waals surface area (Å²) in [7, 11) is 0. The lowest BCUT2D eigenvalue weighted by Gasteiger charge is -2.28. The van der Waals surface area contributed by atoms with Crippen molar-refractivity contribution in [2.45, 2.75) is 39.0 Å². The van der Waals surface area contributed by atoms with Gasteiger partial charge >= 0.3 is 0 Å². The Bertz CT molecular complexity index is 364. The van der Waals surface area contributed by atoms with Crippen molar-refractivity contribution in [1.82, 2.24) is 0 Å². The van der Waals surface area contributed by atoms with Crippen LogP contribution in [-0.2, 0) is 0 Å². The van der Waals surface area contributed by atoms with Crippen LogP contribution in [0.4, 0.5) is 11.4 Å². The van der Waals surface area contributed by atoms with E-state index in [2.05, 4.69) is 12.2 Å². The Balaban J connectivity index is 1.85. The number of nitrogens with one attached hydrogen (secondary N) is 1. The summed E-state index contributed by atoms with van der Waals surface area (Å²) in [6, 6.07) is 5.66. The molecule has 2 rings (SSSR count). The van der Waals surface area contributed by atoms with Crippen LogP contribution < -0.4 is 11.1 Å². The summed E-state index contributed by atoms with van der Waals surface area (Å²) < 4.78 is 0. The molecular formula is C15H23ClN2. The monoisotopic (exact) mass is 266 g/mol. The van der Waals surface area contributed by atoms with E-state index in [0.717, 1.165) is 34.8 Å². The van der Waals surface area contributed by atoms with Crippen LogP contribution in [0.25, 0.3) is 0 Å². The Hall–Kier alpha value is -0.890. The largest absolute Gasteiger partial charge is 0.397 e. The minimum absolute atomic E-state index is 0.720. The third-order valence-electron chi connectivity index (χ3n) is 4.16. The average molecular weight is 267 g/mol. The smallest absolute Gasteiger partial charge is 0.0763 e. The van der Waals surface area contributed by atoms with Gasteiger partial charge in [-0.2, -0.15) is 0 Å². The molecule has 3 N–H and O–H groups in total. The van der Waals surface area contributed by atoms with E-state index in [-0.39, 0.29) is 0 Å². The molecule has 0 unspecified atom stereocenters. The molecule has 0 radical (unpaired) electrons. The number of benzene rings is 1. The minimum Gasteiger partial charge on any atom is -0.397 e. The van der Waals surface area contributed by atoms with E-state index in [1.807, 2.05) is 18.2 Å². The quantitative estimate of drug-likeness (QED) is 0.785. The molecule has 0 saturated heterocycles. The summed E-state index contributed by atoms with van der Waals surface area (Å²) in [6.07, 6.45) is 6.74. The number of rotatable bonds is 4. The fourth-order valence-electron chi connectivity index (χ4n) is 2.82. The third-order valence-corrected chi connectivity index (χ3v) is 4.47. The van der Waals surface area contributed by atoms with Gasteiger partial charge in [0.15, 0.2) is 0 Å². The summed E-state index contributed by atoms with van der Waals surface area (Å²) >= 11 is 6.15. The van der Waals surface area contributed by atoms with Gasteiger partial charge in [-0.1, -0.05) is 43.9 Å². The van der Waals surface area contributed by atoms with Crippen molar-refractivity contribution in [3.8, 4) is 0 Å². The molecule has 0 amide bonds. The van der Waals surface area contributed by atoms with Gasteiger partial charge in [0.05, 0.1) is 16.4 Å². The van der Waals surface area contributed by atoms with Gasteiger partial charge in [-0.3, -0.25) is 0 Å². The lowest BCUT2D eigenvalue weighted by atomic mass is 9.81. The third kappa shape index (κ3) is 3.32. The molecule has 1 aromatic rings. The normalized spacial score (nSPS) is 23.9. The van der Waals surface area contributed by atoms with Gasteiger partial charge in [-0.25, -0.2) is 0 Å². The SMILES string of the molecule is CCC1CCC(CNc2c(N)cccc2Cl)CC1. The van der Waals surface area contributed by atoms with Crippen molar-refractivity contribution < 1.29 is 0 Å². The fourth-order valence-corrected chi connectivity index (χ4v) is 3.07. The molecule has 1 aromatic carbocycles. The summed E-state index contributed by atoms with van der Waals surface area (Å²) in [5, 5.41) is 4.15. The van der Waals surface area contributed by atoms with Gasteiger partial charge in [-0.05, 0) is 36.8 Å². The van der Waals surface area contributed by atoms with Gasteiger partial charge in [-0.15, -0.1) is 0 Å². The number of halogens is 1. The standard InChI is InChI=1S/C15H23ClN2/c1-2-11-6-8-12(9-7-11)10-18-15-13(16)4-3-5-14(15)17/h3-5,11-12,18H,2,6-10,17H2,1H3. The maximum atomic E-state index is 6.15. The molecule has 1 aliphatic carbocycles. The second-order valence-electron chi connectivity index (χ2n) is 5.38. The van der Waals surface area contributed by atoms with Crippen molar-refractivity contribution in [2.24, 2.45) is 11.8 Å². The van der Waals surface area contributed by atoms with Crippen LogP contribution in [0.3, 0.4) is 0 Å². The fraction of sp³-hybridized carbons (Fsp3) is 0.600. The first-order valence-corrected chi connectivity index (χ1v) is 7.36. The number of hydrogen-bond acceptors (Lipinski definition) is 2. The van der Waals surface area contributed by atoms with Crippen LogP contribution in [0, 0.1) is 11.8 Å². The Morgan fingerprint density at radius 2 is 1.89 bits per heavy atom. The zero-order valence-electron chi connectivity index (χ0n) is 11.1. The van der Waals surface area contributed by atoms with E-state index in [9.17, 15) is 0 Å². The molecule has 0 spiro atoms. The van der Waals surface area contributed by atoms with Gasteiger partial charge in [0.2, 0.25) is 0 Å². The Morgan fingerprint density at radius 1 is 1.22 bits per heavy atom. The molecular weight excluding hydrogens is 244 g/mol. The van der Waals surface area contributed by atoms with E-state index in [0.29, 0.717) is 0 Å². The molecule has 18 heavy (non-hydrogen) atoms. The highest BCUT2D eigenvalue weighted by molar-refractivity contribution is 6.33. The average Bonchev–Trinajstić information content (AvgIpc) is 2.39. The van der Waals surface area contributed by atoms with Crippen LogP contribution in [-0.4, -0.2) is 6.54 Å². The molecule has 0 aliphatic heterocycles. The number of nitrogen functional groups attached to an aromatic ring is 1. The van der Waals surface area contributed by atoms with Crippen molar-refractivity contribution in [2.75, 3.05) is 17.6 Å². The summed E-state index contributed by atoms with van der Waals surface area (Å²) in [6.45, 7) is 3.29. The highest BCUT2D eigenvalue weighted by Crippen LogP contribution is 2.32. The van der Waals surface area contributed by atoms with Crippen molar-refractivity contribution >= 4 is 23.0 Å². The maximum Gasteiger partial charge on any atom is 0.0763 e. The van der Waals surface area contributed by atoms with E-state index in [1.165, 1.54) is 32.1 Å². The highest BCUT2D eigenvalue weighted by Gasteiger charge is 2.20. The number of anilines is 2. The van der Waals surface area contributed by atoms with E-state index >= 15 is 0 Å². The van der Waals surface area contributed by atoms with Gasteiger partial charge in [0, 0.05) is 6.54 Å². The van der Waals surface area contributed by atoms with Gasteiger partial charge in [0.1, 0.15) is 0 Å². The number of hydrogen-bond donors (Lipinski definition) is 2. The molecule has 3 heteroatoms. The maximum absolute atomic E-state index is 6.15. The Morgan fingerprint density at radius 3 is 2.50 bits per heavy atom. The van der Waals surface area contributed by atoms with Crippen molar-refractivity contribution in [1.29, 1.82) is 0 Å². The van der Waals surface area contributed by atoms with Gasteiger partial charge < -0.3 is 11.1 Å².